The topological polar surface area (TPSA) is 86.7 Å². The van der Waals surface area contributed by atoms with E-state index in [9.17, 15) is 14.4 Å². The number of carbonyl (C=O) groups excluding carboxylic acids is 2. The second kappa shape index (κ2) is 9.05. The van der Waals surface area contributed by atoms with Crippen molar-refractivity contribution in [3.8, 4) is 0 Å². The monoisotopic (exact) mass is 372 g/mol. The van der Waals surface area contributed by atoms with E-state index in [0.29, 0.717) is 13.0 Å². The Hall–Kier alpha value is 0.200. The number of thioether (sulfide) groups is 1. The molecule has 1 aromatic rings. The molecule has 23 heavy (non-hydrogen) atoms. The Morgan fingerprint density at radius 2 is 2.17 bits per heavy atom. The molecule has 2 aliphatic heterocycles. The molecule has 0 bridgehead atoms. The van der Waals surface area contributed by atoms with Crippen LogP contribution in [0.2, 0.25) is 0 Å². The van der Waals surface area contributed by atoms with Crippen molar-refractivity contribution >= 4 is 40.1 Å². The number of hydrogen-bond acceptors (Lipinski definition) is 6. The predicted octanol–water partition coefficient (Wildman–Crippen LogP) is -5.11. The molecular formula is C13H14N2Na2O4S2. The van der Waals surface area contributed by atoms with Gasteiger partial charge in [0.15, 0.2) is 0 Å². The summed E-state index contributed by atoms with van der Waals surface area (Å²) in [5.74, 6) is -1.22. The van der Waals surface area contributed by atoms with Gasteiger partial charge in [-0.25, -0.2) is 4.79 Å². The number of aliphatic carboxylic acids is 1. The summed E-state index contributed by atoms with van der Waals surface area (Å²) in [5.41, 5.74) is 0.00695. The third kappa shape index (κ3) is 4.85. The van der Waals surface area contributed by atoms with Gasteiger partial charge in [0.05, 0.1) is 12.5 Å². The van der Waals surface area contributed by atoms with Crippen molar-refractivity contribution in [3.05, 3.63) is 34.2 Å². The van der Waals surface area contributed by atoms with Crippen molar-refractivity contribution in [3.63, 3.8) is 0 Å². The maximum absolute atomic E-state index is 11.9. The van der Waals surface area contributed by atoms with Gasteiger partial charge < -0.3 is 18.2 Å². The summed E-state index contributed by atoms with van der Waals surface area (Å²) in [6.45, 7) is 0.416. The standard InChI is InChI=1S/C13H12N2O4S2.2Na.2H/c16-10(4-7-2-1-3-20-7)14-8-6-15-9(13(18)19)5-11(17)21-12(8)15;;;;/h1-3,5,8,12H,4,6H2,(H,14,16)(H,18,19);;;;/q;2*+1;2*-1. The van der Waals surface area contributed by atoms with Gasteiger partial charge in [0.1, 0.15) is 11.1 Å². The van der Waals surface area contributed by atoms with E-state index in [1.165, 1.54) is 11.3 Å². The fourth-order valence-corrected chi connectivity index (χ4v) is 4.11. The molecule has 3 heterocycles. The van der Waals surface area contributed by atoms with Crippen LogP contribution >= 0.6 is 23.1 Å². The zero-order valence-corrected chi connectivity index (χ0v) is 18.4. The molecule has 0 radical (unpaired) electrons. The summed E-state index contributed by atoms with van der Waals surface area (Å²) in [6.07, 6.45) is 1.44. The van der Waals surface area contributed by atoms with Crippen LogP contribution < -0.4 is 64.4 Å². The number of thiophene rings is 1. The third-order valence-corrected chi connectivity index (χ3v) is 5.38. The quantitative estimate of drug-likeness (QED) is 0.515. The van der Waals surface area contributed by atoms with E-state index in [1.54, 1.807) is 4.90 Å². The van der Waals surface area contributed by atoms with Crippen molar-refractivity contribution in [2.24, 2.45) is 0 Å². The van der Waals surface area contributed by atoms with Crippen LogP contribution in [0.1, 0.15) is 7.73 Å². The van der Waals surface area contributed by atoms with Crippen LogP contribution in [0.4, 0.5) is 0 Å². The Balaban J connectivity index is 0. The van der Waals surface area contributed by atoms with Gasteiger partial charge in [-0.2, -0.15) is 0 Å². The smallest absolute Gasteiger partial charge is 1.00 e. The van der Waals surface area contributed by atoms with E-state index in [1.807, 2.05) is 17.5 Å². The van der Waals surface area contributed by atoms with Crippen LogP contribution in [0.5, 0.6) is 0 Å². The Morgan fingerprint density at radius 1 is 1.43 bits per heavy atom. The number of carboxylic acid groups (broad SMARTS) is 1. The number of rotatable bonds is 4. The van der Waals surface area contributed by atoms with Gasteiger partial charge in [-0.1, -0.05) is 17.8 Å². The van der Waals surface area contributed by atoms with E-state index in [2.05, 4.69) is 5.32 Å². The molecule has 2 atom stereocenters. The van der Waals surface area contributed by atoms with E-state index in [-0.39, 0.29) is 90.1 Å². The van der Waals surface area contributed by atoms with Crippen molar-refractivity contribution in [1.82, 2.24) is 10.2 Å². The minimum Gasteiger partial charge on any atom is -1.00 e. The second-order valence-corrected chi connectivity index (χ2v) is 6.90. The number of nitrogens with one attached hydrogen (secondary N) is 1. The van der Waals surface area contributed by atoms with Crippen LogP contribution in [0, 0.1) is 0 Å². The Labute approximate surface area is 188 Å². The average Bonchev–Trinajstić information content (AvgIpc) is 2.90. The number of carboxylic acids is 1. The minimum atomic E-state index is -1.11. The zero-order chi connectivity index (χ0) is 15.0. The summed E-state index contributed by atoms with van der Waals surface area (Å²) in [5, 5.41) is 13.2. The summed E-state index contributed by atoms with van der Waals surface area (Å²) >= 11 is 2.56. The summed E-state index contributed by atoms with van der Waals surface area (Å²) in [6, 6.07) is 3.58. The molecule has 6 nitrogen and oxygen atoms in total. The van der Waals surface area contributed by atoms with Crippen molar-refractivity contribution in [1.29, 1.82) is 0 Å². The van der Waals surface area contributed by atoms with Crippen LogP contribution in [0.15, 0.2) is 29.3 Å². The van der Waals surface area contributed by atoms with Crippen LogP contribution in [0.3, 0.4) is 0 Å². The van der Waals surface area contributed by atoms with Gasteiger partial charge in [-0.05, 0) is 11.4 Å². The summed E-state index contributed by atoms with van der Waals surface area (Å²) < 4.78 is 0. The molecule has 2 N–H and O–H groups in total. The first-order chi connectivity index (χ1) is 10.0. The zero-order valence-electron chi connectivity index (χ0n) is 14.8. The van der Waals surface area contributed by atoms with Gasteiger partial charge in [0.2, 0.25) is 11.0 Å². The van der Waals surface area contributed by atoms with E-state index in [0.717, 1.165) is 22.7 Å². The first kappa shape index (κ1) is 21.2. The van der Waals surface area contributed by atoms with Gasteiger partial charge >= 0.3 is 65.1 Å². The average molecular weight is 372 g/mol. The van der Waals surface area contributed by atoms with Gasteiger partial charge in [-0.15, -0.1) is 11.3 Å². The molecular weight excluding hydrogens is 358 g/mol. The molecule has 2 unspecified atom stereocenters. The minimum absolute atomic E-state index is 0. The number of amides is 1. The Morgan fingerprint density at radius 3 is 2.78 bits per heavy atom. The van der Waals surface area contributed by atoms with Crippen molar-refractivity contribution in [2.45, 2.75) is 17.8 Å². The van der Waals surface area contributed by atoms with Gasteiger partial charge in [0.25, 0.3) is 0 Å². The molecule has 1 saturated heterocycles. The maximum Gasteiger partial charge on any atom is 1.00 e. The third-order valence-electron chi connectivity index (χ3n) is 3.33. The number of nitrogens with zero attached hydrogens (tertiary/aromatic N) is 1. The van der Waals surface area contributed by atoms with Crippen LogP contribution in [0.25, 0.3) is 0 Å². The van der Waals surface area contributed by atoms with E-state index >= 15 is 0 Å². The molecule has 0 aliphatic carbocycles. The number of hydrogen-bond donors (Lipinski definition) is 2. The normalized spacial score (nSPS) is 21.8. The Kier molecular flexibility index (Phi) is 8.36. The summed E-state index contributed by atoms with van der Waals surface area (Å²) in [4.78, 5) is 37.2. The first-order valence-electron chi connectivity index (χ1n) is 6.28. The number of carbonyl (C=O) groups is 3. The van der Waals surface area contributed by atoms with Crippen molar-refractivity contribution in [2.75, 3.05) is 6.54 Å². The van der Waals surface area contributed by atoms with E-state index in [4.69, 9.17) is 5.11 Å². The molecule has 0 saturated carbocycles. The molecule has 2 aliphatic rings. The molecule has 1 fully saturated rings. The molecule has 1 aromatic heterocycles. The molecule has 3 rings (SSSR count). The summed E-state index contributed by atoms with van der Waals surface area (Å²) in [7, 11) is 0. The van der Waals surface area contributed by atoms with E-state index < -0.39 is 5.97 Å². The first-order valence-corrected chi connectivity index (χ1v) is 8.04. The molecule has 1 amide bonds. The SMILES string of the molecule is O=C(Cc1cccs1)NC1CN2C(C(=O)O)=CC(=O)SC12.[H-].[H-].[Na+].[Na+]. The molecule has 0 aromatic carbocycles. The van der Waals surface area contributed by atoms with Crippen LogP contribution in [-0.4, -0.2) is 45.0 Å². The van der Waals surface area contributed by atoms with Gasteiger partial charge in [0, 0.05) is 17.5 Å². The molecule has 0 spiro atoms. The van der Waals surface area contributed by atoms with Crippen molar-refractivity contribution < 1.29 is 81.5 Å². The molecule has 114 valence electrons. The van der Waals surface area contributed by atoms with Gasteiger partial charge in [-0.3, -0.25) is 9.59 Å². The second-order valence-electron chi connectivity index (χ2n) is 4.74. The number of fused-ring (bicyclic) bond motifs is 1. The van der Waals surface area contributed by atoms with Crippen LogP contribution in [-0.2, 0) is 20.8 Å². The fourth-order valence-electron chi connectivity index (χ4n) is 2.34. The fraction of sp³-hybridized carbons (Fsp3) is 0.308. The largest absolute Gasteiger partial charge is 1.00 e. The maximum atomic E-state index is 11.9. The molecule has 10 heteroatoms. The Bertz CT molecular complexity index is 646. The predicted molar refractivity (Wildman–Crippen MR) is 81.0 cm³/mol.